The highest BCUT2D eigenvalue weighted by molar-refractivity contribution is 7.91. The van der Waals surface area contributed by atoms with E-state index in [1.807, 2.05) is 11.8 Å². The van der Waals surface area contributed by atoms with E-state index in [0.29, 0.717) is 31.3 Å². The second-order valence-electron chi connectivity index (χ2n) is 10.4. The van der Waals surface area contributed by atoms with Crippen molar-refractivity contribution in [2.24, 2.45) is 0 Å². The molecule has 0 bridgehead atoms. The van der Waals surface area contributed by atoms with E-state index >= 15 is 0 Å². The molecule has 1 aromatic carbocycles. The van der Waals surface area contributed by atoms with Crippen LogP contribution in [-0.2, 0) is 15.4 Å². The number of carbonyl (C=O) groups is 1. The molecule has 2 aliphatic heterocycles. The smallest absolute Gasteiger partial charge is 0.322 e. The Morgan fingerprint density at radius 1 is 1.03 bits per heavy atom. The monoisotopic (exact) mass is 498 g/mol. The third kappa shape index (κ3) is 4.38. The molecule has 3 heterocycles. The van der Waals surface area contributed by atoms with E-state index in [9.17, 15) is 13.2 Å². The first-order valence-electron chi connectivity index (χ1n) is 12.2. The van der Waals surface area contributed by atoms with Gasteiger partial charge in [0.05, 0.1) is 41.2 Å². The summed E-state index contributed by atoms with van der Waals surface area (Å²) in [6.45, 7) is 3.26. The van der Waals surface area contributed by atoms with Crippen LogP contribution in [0.1, 0.15) is 36.9 Å². The minimum atomic E-state index is -2.97. The molecule has 1 N–H and O–H groups in total. The predicted octanol–water partition coefficient (Wildman–Crippen LogP) is 2.32. The van der Waals surface area contributed by atoms with Gasteiger partial charge >= 0.3 is 6.03 Å². The Morgan fingerprint density at radius 2 is 1.69 bits per heavy atom. The summed E-state index contributed by atoms with van der Waals surface area (Å²) in [7, 11) is 1.32. The van der Waals surface area contributed by atoms with Crippen LogP contribution < -0.4 is 15.1 Å². The van der Waals surface area contributed by atoms with Crippen molar-refractivity contribution in [3.63, 3.8) is 0 Å². The van der Waals surface area contributed by atoms with Crippen LogP contribution in [0, 0.1) is 6.92 Å². The van der Waals surface area contributed by atoms with Gasteiger partial charge in [0.2, 0.25) is 5.95 Å². The lowest BCUT2D eigenvalue weighted by molar-refractivity contribution is 0.0658. The number of hydrogen-bond donors (Lipinski definition) is 1. The standard InChI is InChI=1S/C25H34N6O3S/c1-19-21(17-26-22(27-19)30-13-15-35(33,34)16-14-30)31-18-24(28-23(31)32)9-11-25(12-10-24,29(2)3)20-7-5-4-6-8-20/h4-8,17H,9-16,18H2,1-3H3,(H,28,32)/t24-,25-. The number of amides is 2. The Hall–Kier alpha value is -2.72. The minimum Gasteiger partial charge on any atom is -0.339 e. The molecule has 2 amide bonds. The molecule has 1 aromatic heterocycles. The van der Waals surface area contributed by atoms with Gasteiger partial charge in [-0.25, -0.2) is 23.2 Å². The number of urea groups is 1. The van der Waals surface area contributed by atoms with E-state index in [0.717, 1.165) is 31.4 Å². The number of nitrogens with zero attached hydrogens (tertiary/aromatic N) is 5. The average molecular weight is 499 g/mol. The number of aryl methyl sites for hydroxylation is 1. The van der Waals surface area contributed by atoms with Gasteiger partial charge in [0, 0.05) is 18.6 Å². The van der Waals surface area contributed by atoms with Crippen LogP contribution in [0.3, 0.4) is 0 Å². The molecule has 0 atom stereocenters. The van der Waals surface area contributed by atoms with Gasteiger partial charge in [0.15, 0.2) is 9.84 Å². The second kappa shape index (κ2) is 8.74. The number of benzene rings is 1. The minimum absolute atomic E-state index is 0.0345. The highest BCUT2D eigenvalue weighted by Crippen LogP contribution is 2.46. The molecule has 3 fully saturated rings. The molecule has 2 saturated heterocycles. The van der Waals surface area contributed by atoms with Crippen LogP contribution in [-0.4, -0.2) is 80.1 Å². The summed E-state index contributed by atoms with van der Waals surface area (Å²) in [5.41, 5.74) is 2.45. The van der Waals surface area contributed by atoms with Crippen LogP contribution in [0.25, 0.3) is 0 Å². The van der Waals surface area contributed by atoms with Crippen LogP contribution in [0.15, 0.2) is 36.5 Å². The average Bonchev–Trinajstić information content (AvgIpc) is 3.15. The van der Waals surface area contributed by atoms with Gasteiger partial charge in [0.1, 0.15) is 0 Å². The summed E-state index contributed by atoms with van der Waals surface area (Å²) in [6, 6.07) is 10.5. The van der Waals surface area contributed by atoms with Gasteiger partial charge in [-0.3, -0.25) is 9.80 Å². The van der Waals surface area contributed by atoms with Crippen molar-refractivity contribution in [3.8, 4) is 0 Å². The molecule has 35 heavy (non-hydrogen) atoms. The van der Waals surface area contributed by atoms with Crippen LogP contribution >= 0.6 is 0 Å². The lowest BCUT2D eigenvalue weighted by atomic mass is 9.69. The third-order valence-corrected chi connectivity index (χ3v) is 9.75. The lowest BCUT2D eigenvalue weighted by Crippen LogP contribution is -2.54. The number of anilines is 2. The number of nitrogens with one attached hydrogen (secondary N) is 1. The van der Waals surface area contributed by atoms with Crippen molar-refractivity contribution in [1.29, 1.82) is 0 Å². The first kappa shape index (κ1) is 24.0. The number of sulfone groups is 1. The Bertz CT molecular complexity index is 1190. The van der Waals surface area contributed by atoms with Gasteiger partial charge < -0.3 is 10.2 Å². The molecule has 1 spiro atoms. The summed E-state index contributed by atoms with van der Waals surface area (Å²) in [4.78, 5) is 28.2. The van der Waals surface area contributed by atoms with Crippen LogP contribution in [0.5, 0.6) is 0 Å². The fourth-order valence-electron chi connectivity index (χ4n) is 5.85. The maximum absolute atomic E-state index is 13.1. The van der Waals surface area contributed by atoms with Gasteiger partial charge in [-0.2, -0.15) is 0 Å². The molecule has 1 aliphatic carbocycles. The van der Waals surface area contributed by atoms with Crippen molar-refractivity contribution < 1.29 is 13.2 Å². The van der Waals surface area contributed by atoms with Gasteiger partial charge in [-0.05, 0) is 52.3 Å². The zero-order valence-electron chi connectivity index (χ0n) is 20.7. The van der Waals surface area contributed by atoms with Crippen molar-refractivity contribution >= 4 is 27.5 Å². The van der Waals surface area contributed by atoms with E-state index in [4.69, 9.17) is 0 Å². The molecular formula is C25H34N6O3S. The fourth-order valence-corrected chi connectivity index (χ4v) is 7.05. The van der Waals surface area contributed by atoms with Crippen molar-refractivity contribution in [2.75, 3.05) is 55.0 Å². The van der Waals surface area contributed by atoms with E-state index in [1.165, 1.54) is 5.56 Å². The molecule has 9 nitrogen and oxygen atoms in total. The van der Waals surface area contributed by atoms with E-state index in [1.54, 1.807) is 11.1 Å². The molecule has 10 heteroatoms. The zero-order chi connectivity index (χ0) is 24.8. The Balaban J connectivity index is 1.31. The van der Waals surface area contributed by atoms with Gasteiger partial charge in [0.25, 0.3) is 0 Å². The topological polar surface area (TPSA) is 98.7 Å². The summed E-state index contributed by atoms with van der Waals surface area (Å²) < 4.78 is 23.5. The Morgan fingerprint density at radius 3 is 2.29 bits per heavy atom. The summed E-state index contributed by atoms with van der Waals surface area (Å²) in [6.07, 6.45) is 5.41. The van der Waals surface area contributed by atoms with Crippen molar-refractivity contribution in [3.05, 3.63) is 47.8 Å². The highest BCUT2D eigenvalue weighted by atomic mass is 32.2. The normalized spacial score (nSPS) is 28.5. The second-order valence-corrected chi connectivity index (χ2v) is 12.7. The Kier molecular flexibility index (Phi) is 5.99. The number of rotatable bonds is 4. The van der Waals surface area contributed by atoms with Crippen LogP contribution in [0.2, 0.25) is 0 Å². The van der Waals surface area contributed by atoms with E-state index < -0.39 is 9.84 Å². The molecule has 0 radical (unpaired) electrons. The molecule has 1 saturated carbocycles. The first-order chi connectivity index (χ1) is 16.6. The summed E-state index contributed by atoms with van der Waals surface area (Å²) in [5.74, 6) is 0.754. The van der Waals surface area contributed by atoms with Crippen molar-refractivity contribution in [1.82, 2.24) is 20.2 Å². The fraction of sp³-hybridized carbons (Fsp3) is 0.560. The Labute approximate surface area is 207 Å². The molecule has 2 aromatic rings. The largest absolute Gasteiger partial charge is 0.339 e. The molecular weight excluding hydrogens is 464 g/mol. The predicted molar refractivity (Wildman–Crippen MR) is 137 cm³/mol. The lowest BCUT2D eigenvalue weighted by Gasteiger charge is -2.48. The van der Waals surface area contributed by atoms with Gasteiger partial charge in [-0.15, -0.1) is 0 Å². The maximum Gasteiger partial charge on any atom is 0.322 e. The molecule has 188 valence electrons. The number of hydrogen-bond acceptors (Lipinski definition) is 7. The van der Waals surface area contributed by atoms with Crippen molar-refractivity contribution in [2.45, 2.75) is 43.7 Å². The SMILES string of the molecule is Cc1nc(N2CCS(=O)(=O)CC2)ncc1N1C[C@]2(CC[C@@](c3ccccc3)(N(C)C)CC2)NC1=O. The van der Waals surface area contributed by atoms with Crippen LogP contribution in [0.4, 0.5) is 16.4 Å². The zero-order valence-corrected chi connectivity index (χ0v) is 21.5. The van der Waals surface area contributed by atoms with E-state index in [2.05, 4.69) is 64.6 Å². The number of aromatic nitrogens is 2. The molecule has 0 unspecified atom stereocenters. The summed E-state index contributed by atoms with van der Waals surface area (Å²) in [5, 5.41) is 3.30. The van der Waals surface area contributed by atoms with E-state index in [-0.39, 0.29) is 28.6 Å². The molecule has 3 aliphatic rings. The first-order valence-corrected chi connectivity index (χ1v) is 14.1. The quantitative estimate of drug-likeness (QED) is 0.691. The highest BCUT2D eigenvalue weighted by Gasteiger charge is 2.50. The number of carbonyl (C=O) groups excluding carboxylic acids is 1. The third-order valence-electron chi connectivity index (χ3n) is 8.14. The maximum atomic E-state index is 13.1. The summed E-state index contributed by atoms with van der Waals surface area (Å²) >= 11 is 0. The molecule has 5 rings (SSSR count). The van der Waals surface area contributed by atoms with Gasteiger partial charge in [-0.1, -0.05) is 30.3 Å².